The molecule has 0 saturated heterocycles. The molecule has 0 aliphatic heterocycles. The van der Waals surface area contributed by atoms with E-state index in [0.717, 1.165) is 43.6 Å². The van der Waals surface area contributed by atoms with Crippen molar-refractivity contribution in [3.63, 3.8) is 0 Å². The predicted octanol–water partition coefficient (Wildman–Crippen LogP) is 4.40. The van der Waals surface area contributed by atoms with Crippen LogP contribution < -0.4 is 0 Å². The quantitative estimate of drug-likeness (QED) is 0.780. The minimum Gasteiger partial charge on any atom is -0.393 e. The molecule has 0 spiro atoms. The molecule has 0 radical (unpaired) electrons. The van der Waals surface area contributed by atoms with E-state index in [9.17, 15) is 10.2 Å². The van der Waals surface area contributed by atoms with Gasteiger partial charge in [-0.15, -0.1) is 0 Å². The van der Waals surface area contributed by atoms with Gasteiger partial charge in [0.25, 0.3) is 0 Å². The fourth-order valence-corrected chi connectivity index (χ4v) is 8.62. The van der Waals surface area contributed by atoms with Crippen LogP contribution >= 0.6 is 0 Å². The van der Waals surface area contributed by atoms with Crippen molar-refractivity contribution in [1.29, 1.82) is 0 Å². The number of methoxy groups -OCH3 is 1. The molecule has 4 aliphatic carbocycles. The average molecular weight is 365 g/mol. The van der Waals surface area contributed by atoms with Crippen molar-refractivity contribution in [2.75, 3.05) is 13.7 Å². The maximum atomic E-state index is 10.7. The molecule has 1 unspecified atom stereocenters. The number of aliphatic hydroxyl groups is 2. The summed E-state index contributed by atoms with van der Waals surface area (Å²) in [6, 6.07) is 0. The van der Waals surface area contributed by atoms with E-state index >= 15 is 0 Å². The second-order valence-electron chi connectivity index (χ2n) is 11.0. The van der Waals surface area contributed by atoms with E-state index in [4.69, 9.17) is 4.74 Å². The molecule has 0 heterocycles. The summed E-state index contributed by atoms with van der Waals surface area (Å²) in [5, 5.41) is 21.1. The van der Waals surface area contributed by atoms with Gasteiger partial charge in [-0.05, 0) is 112 Å². The van der Waals surface area contributed by atoms with Crippen molar-refractivity contribution in [3.05, 3.63) is 0 Å². The smallest absolute Gasteiger partial charge is 0.0622 e. The Morgan fingerprint density at radius 2 is 1.77 bits per heavy atom. The molecular weight excluding hydrogens is 324 g/mol. The molecule has 3 nitrogen and oxygen atoms in total. The number of rotatable bonds is 3. The van der Waals surface area contributed by atoms with Crippen LogP contribution in [0.25, 0.3) is 0 Å². The largest absolute Gasteiger partial charge is 0.393 e. The van der Waals surface area contributed by atoms with E-state index < -0.39 is 5.60 Å². The molecule has 9 atom stereocenters. The van der Waals surface area contributed by atoms with E-state index in [-0.39, 0.29) is 11.5 Å². The van der Waals surface area contributed by atoms with Gasteiger partial charge in [0.05, 0.1) is 18.3 Å². The molecule has 4 saturated carbocycles. The zero-order valence-corrected chi connectivity index (χ0v) is 17.3. The lowest BCUT2D eigenvalue weighted by atomic mass is 9.43. The highest BCUT2D eigenvalue weighted by Gasteiger charge is 2.62. The summed E-state index contributed by atoms with van der Waals surface area (Å²) in [6.45, 7) is 7.41. The van der Waals surface area contributed by atoms with E-state index in [1.165, 1.54) is 38.5 Å². The molecule has 2 N–H and O–H groups in total. The van der Waals surface area contributed by atoms with Crippen LogP contribution in [0.15, 0.2) is 0 Å². The highest BCUT2D eigenvalue weighted by molar-refractivity contribution is 5.11. The minimum absolute atomic E-state index is 0.171. The molecule has 0 aromatic heterocycles. The highest BCUT2D eigenvalue weighted by atomic mass is 16.5. The molecule has 4 fully saturated rings. The number of fused-ring (bicyclic) bond motifs is 5. The van der Waals surface area contributed by atoms with Crippen LogP contribution in [0.1, 0.15) is 78.6 Å². The summed E-state index contributed by atoms with van der Waals surface area (Å²) < 4.78 is 5.83. The summed E-state index contributed by atoms with van der Waals surface area (Å²) >= 11 is 0. The normalized spacial score (nSPS) is 54.9. The van der Waals surface area contributed by atoms with E-state index in [1.54, 1.807) is 0 Å². The third-order valence-electron chi connectivity index (χ3n) is 9.72. The predicted molar refractivity (Wildman–Crippen MR) is 104 cm³/mol. The molecule has 0 amide bonds. The van der Waals surface area contributed by atoms with E-state index in [0.29, 0.717) is 17.3 Å². The fourth-order valence-electron chi connectivity index (χ4n) is 8.62. The maximum absolute atomic E-state index is 10.7. The lowest BCUT2D eigenvalue weighted by molar-refractivity contribution is -0.176. The first-order valence-electron chi connectivity index (χ1n) is 11.1. The molecule has 0 bridgehead atoms. The Balaban J connectivity index is 1.64. The summed E-state index contributed by atoms with van der Waals surface area (Å²) in [4.78, 5) is 0. The third kappa shape index (κ3) is 2.71. The van der Waals surface area contributed by atoms with Gasteiger partial charge >= 0.3 is 0 Å². The molecule has 150 valence electrons. The van der Waals surface area contributed by atoms with Gasteiger partial charge in [0.1, 0.15) is 0 Å². The summed E-state index contributed by atoms with van der Waals surface area (Å²) in [5.41, 5.74) is 0.128. The molecule has 3 heteroatoms. The molecule has 26 heavy (non-hydrogen) atoms. The van der Waals surface area contributed by atoms with Crippen LogP contribution in [-0.4, -0.2) is 35.6 Å². The van der Waals surface area contributed by atoms with Crippen molar-refractivity contribution < 1.29 is 14.9 Å². The van der Waals surface area contributed by atoms with Crippen LogP contribution in [0.3, 0.4) is 0 Å². The Morgan fingerprint density at radius 3 is 2.46 bits per heavy atom. The lowest BCUT2D eigenvalue weighted by Gasteiger charge is -2.62. The molecule has 0 aromatic carbocycles. The van der Waals surface area contributed by atoms with Gasteiger partial charge in [0.2, 0.25) is 0 Å². The Morgan fingerprint density at radius 1 is 1.00 bits per heavy atom. The number of ether oxygens (including phenoxy) is 1. The Kier molecular flexibility index (Phi) is 4.77. The van der Waals surface area contributed by atoms with E-state index in [1.807, 2.05) is 21.0 Å². The van der Waals surface area contributed by atoms with E-state index in [2.05, 4.69) is 6.92 Å². The molecular formula is C23H40O3. The first kappa shape index (κ1) is 19.2. The van der Waals surface area contributed by atoms with Gasteiger partial charge in [-0.3, -0.25) is 0 Å². The topological polar surface area (TPSA) is 49.7 Å². The van der Waals surface area contributed by atoms with Crippen LogP contribution in [-0.2, 0) is 4.74 Å². The molecule has 4 aliphatic rings. The van der Waals surface area contributed by atoms with Crippen molar-refractivity contribution in [2.45, 2.75) is 90.3 Å². The standard InChI is InChI=1S/C23H40O3/c1-15(24)18-7-8-19-17-6-5-16-13-21(2,25)11-12-23(16,14-26-4)20(17)9-10-22(18,19)3/h15-20,24-25H,5-14H2,1-4H3/t15-,16-,17-,18+,19-,20-,21?,22+,23+/m0/s1. The van der Waals surface area contributed by atoms with Gasteiger partial charge in [0, 0.05) is 7.11 Å². The Labute approximate surface area is 159 Å². The van der Waals surface area contributed by atoms with Crippen molar-refractivity contribution >= 4 is 0 Å². The van der Waals surface area contributed by atoms with Gasteiger partial charge in [-0.2, -0.15) is 0 Å². The zero-order valence-electron chi connectivity index (χ0n) is 17.3. The first-order chi connectivity index (χ1) is 12.2. The van der Waals surface area contributed by atoms with Gasteiger partial charge in [0.15, 0.2) is 0 Å². The second-order valence-corrected chi connectivity index (χ2v) is 11.0. The number of hydrogen-bond donors (Lipinski definition) is 2. The molecule has 0 aromatic rings. The summed E-state index contributed by atoms with van der Waals surface area (Å²) in [6.07, 6.45) is 10.5. The van der Waals surface area contributed by atoms with Crippen LogP contribution in [0, 0.1) is 40.4 Å². The van der Waals surface area contributed by atoms with Crippen molar-refractivity contribution in [2.24, 2.45) is 40.4 Å². The van der Waals surface area contributed by atoms with Crippen LogP contribution in [0.2, 0.25) is 0 Å². The van der Waals surface area contributed by atoms with Crippen molar-refractivity contribution in [1.82, 2.24) is 0 Å². The SMILES string of the molecule is COC[C@]12CCC(C)(O)C[C@@H]1CC[C@H]1[C@@H]3CC[C@H]([C@H](C)O)[C@@]3(C)CC[C@@H]12. The third-order valence-corrected chi connectivity index (χ3v) is 9.72. The Bertz CT molecular complexity index is 530. The lowest BCUT2D eigenvalue weighted by Crippen LogP contribution is -2.58. The van der Waals surface area contributed by atoms with Crippen LogP contribution in [0.4, 0.5) is 0 Å². The van der Waals surface area contributed by atoms with Gasteiger partial charge in [-0.25, -0.2) is 0 Å². The number of hydrogen-bond acceptors (Lipinski definition) is 3. The minimum atomic E-state index is -0.483. The first-order valence-corrected chi connectivity index (χ1v) is 11.1. The number of aliphatic hydroxyl groups excluding tert-OH is 1. The summed E-state index contributed by atoms with van der Waals surface area (Å²) in [7, 11) is 1.87. The molecule has 4 rings (SSSR count). The summed E-state index contributed by atoms with van der Waals surface area (Å²) in [5.74, 6) is 3.43. The average Bonchev–Trinajstić information content (AvgIpc) is 2.92. The van der Waals surface area contributed by atoms with Crippen molar-refractivity contribution in [3.8, 4) is 0 Å². The highest BCUT2D eigenvalue weighted by Crippen LogP contribution is 2.68. The zero-order chi connectivity index (χ0) is 18.7. The van der Waals surface area contributed by atoms with Gasteiger partial charge < -0.3 is 14.9 Å². The maximum Gasteiger partial charge on any atom is 0.0622 e. The van der Waals surface area contributed by atoms with Gasteiger partial charge in [-0.1, -0.05) is 6.92 Å². The Hall–Kier alpha value is -0.120. The monoisotopic (exact) mass is 364 g/mol. The second kappa shape index (κ2) is 6.46. The fraction of sp³-hybridized carbons (Fsp3) is 1.00. The van der Waals surface area contributed by atoms with Crippen LogP contribution in [0.5, 0.6) is 0 Å².